The highest BCUT2D eigenvalue weighted by Gasteiger charge is 2.43. The van der Waals surface area contributed by atoms with Crippen molar-refractivity contribution < 1.29 is 9.47 Å². The van der Waals surface area contributed by atoms with Gasteiger partial charge in [0, 0.05) is 18.1 Å². The van der Waals surface area contributed by atoms with Crippen molar-refractivity contribution >= 4 is 39.6 Å². The normalized spacial score (nSPS) is 15.7. The number of hydrogen-bond donors (Lipinski definition) is 0. The van der Waals surface area contributed by atoms with Gasteiger partial charge in [-0.25, -0.2) is 4.99 Å². The number of nitrogens with zero attached hydrogens (tertiary/aromatic N) is 2. The van der Waals surface area contributed by atoms with Crippen molar-refractivity contribution in [2.24, 2.45) is 4.99 Å². The summed E-state index contributed by atoms with van der Waals surface area (Å²) in [5.41, 5.74) is 3.60. The molecular formula is C21H24BrClN2O2. The van der Waals surface area contributed by atoms with Crippen LogP contribution in [0.2, 0.25) is 5.02 Å². The largest absolute Gasteiger partial charge is 0.375 e. The van der Waals surface area contributed by atoms with E-state index in [2.05, 4.69) is 46.9 Å². The SMILES string of the molecule is CCN(C)C=Nc1cc(C)c(C2(OCc3ccc(Br)cc3)COC2)cc1Cl. The van der Waals surface area contributed by atoms with Gasteiger partial charge in [0.1, 0.15) is 5.60 Å². The maximum absolute atomic E-state index is 6.52. The van der Waals surface area contributed by atoms with Crippen LogP contribution in [-0.4, -0.2) is 38.0 Å². The van der Waals surface area contributed by atoms with Crippen molar-refractivity contribution in [1.29, 1.82) is 0 Å². The fourth-order valence-electron chi connectivity index (χ4n) is 2.90. The van der Waals surface area contributed by atoms with Crippen LogP contribution in [0.3, 0.4) is 0 Å². The Kier molecular flexibility index (Phi) is 6.58. The molecule has 1 saturated heterocycles. The number of ether oxygens (including phenoxy) is 2. The average molecular weight is 452 g/mol. The Morgan fingerprint density at radius 1 is 1.30 bits per heavy atom. The summed E-state index contributed by atoms with van der Waals surface area (Å²) in [4.78, 5) is 6.50. The van der Waals surface area contributed by atoms with Crippen LogP contribution in [0, 0.1) is 6.92 Å². The molecule has 4 nitrogen and oxygen atoms in total. The Bertz CT molecular complexity index is 820. The number of hydrogen-bond acceptors (Lipinski definition) is 3. The smallest absolute Gasteiger partial charge is 0.140 e. The van der Waals surface area contributed by atoms with Crippen LogP contribution in [0.4, 0.5) is 5.69 Å². The van der Waals surface area contributed by atoms with Crippen LogP contribution < -0.4 is 0 Å². The lowest BCUT2D eigenvalue weighted by atomic mass is 9.88. The molecule has 6 heteroatoms. The molecule has 0 N–H and O–H groups in total. The lowest BCUT2D eigenvalue weighted by Gasteiger charge is -2.42. The predicted octanol–water partition coefficient (Wildman–Crippen LogP) is 5.46. The molecule has 0 radical (unpaired) electrons. The number of aryl methyl sites for hydroxylation is 1. The number of halogens is 2. The van der Waals surface area contributed by atoms with E-state index >= 15 is 0 Å². The van der Waals surface area contributed by atoms with Crippen molar-refractivity contribution in [3.8, 4) is 0 Å². The summed E-state index contributed by atoms with van der Waals surface area (Å²) in [6, 6.07) is 12.1. The third-order valence-electron chi connectivity index (χ3n) is 4.78. The molecule has 1 heterocycles. The quantitative estimate of drug-likeness (QED) is 0.414. The van der Waals surface area contributed by atoms with Gasteiger partial charge in [-0.15, -0.1) is 0 Å². The Hall–Kier alpha value is -1.40. The number of benzene rings is 2. The molecule has 2 aromatic carbocycles. The predicted molar refractivity (Wildman–Crippen MR) is 114 cm³/mol. The van der Waals surface area contributed by atoms with E-state index in [4.69, 9.17) is 21.1 Å². The van der Waals surface area contributed by atoms with Crippen molar-refractivity contribution in [1.82, 2.24) is 4.90 Å². The summed E-state index contributed by atoms with van der Waals surface area (Å²) in [6.45, 7) is 6.61. The first-order valence-corrected chi connectivity index (χ1v) is 10.1. The maximum atomic E-state index is 6.52. The molecule has 0 aromatic heterocycles. The fourth-order valence-corrected chi connectivity index (χ4v) is 3.38. The van der Waals surface area contributed by atoms with Crippen LogP contribution in [0.25, 0.3) is 0 Å². The molecule has 0 atom stereocenters. The van der Waals surface area contributed by atoms with Crippen molar-refractivity contribution in [3.63, 3.8) is 0 Å². The Balaban J connectivity index is 1.81. The third-order valence-corrected chi connectivity index (χ3v) is 5.61. The summed E-state index contributed by atoms with van der Waals surface area (Å²) < 4.78 is 12.9. The first-order chi connectivity index (χ1) is 12.9. The zero-order valence-electron chi connectivity index (χ0n) is 15.8. The first-order valence-electron chi connectivity index (χ1n) is 8.95. The standard InChI is InChI=1S/C21H24BrClN2O2/c1-4-25(3)14-24-20-9-15(2)18(10-19(20)23)21(12-26-13-21)27-11-16-5-7-17(22)8-6-16/h5-10,14H,4,11-13H2,1-3H3. The Morgan fingerprint density at radius 2 is 2.00 bits per heavy atom. The minimum Gasteiger partial charge on any atom is -0.375 e. The van der Waals surface area contributed by atoms with Gasteiger partial charge in [0.05, 0.1) is 36.9 Å². The van der Waals surface area contributed by atoms with Crippen LogP contribution >= 0.6 is 27.5 Å². The molecule has 144 valence electrons. The van der Waals surface area contributed by atoms with E-state index in [1.807, 2.05) is 36.2 Å². The van der Waals surface area contributed by atoms with Gasteiger partial charge in [0.15, 0.2) is 0 Å². The van der Waals surface area contributed by atoms with E-state index in [1.165, 1.54) is 0 Å². The zero-order chi connectivity index (χ0) is 19.4. The number of rotatable bonds is 7. The van der Waals surface area contributed by atoms with Gasteiger partial charge in [0.2, 0.25) is 0 Å². The molecule has 3 rings (SSSR count). The molecule has 0 unspecified atom stereocenters. The van der Waals surface area contributed by atoms with Crippen molar-refractivity contribution in [2.75, 3.05) is 26.8 Å². The van der Waals surface area contributed by atoms with Gasteiger partial charge >= 0.3 is 0 Å². The molecule has 0 saturated carbocycles. The first kappa shape index (κ1) is 20.3. The topological polar surface area (TPSA) is 34.1 Å². The molecule has 0 bridgehead atoms. The van der Waals surface area contributed by atoms with Crippen LogP contribution in [0.1, 0.15) is 23.6 Å². The minimum atomic E-state index is -0.455. The second-order valence-corrected chi connectivity index (χ2v) is 8.16. The van der Waals surface area contributed by atoms with Crippen LogP contribution in [0.15, 0.2) is 45.9 Å². The summed E-state index contributed by atoms with van der Waals surface area (Å²) in [6.07, 6.45) is 1.80. The van der Waals surface area contributed by atoms with Gasteiger partial charge in [-0.3, -0.25) is 0 Å². The molecule has 1 aliphatic rings. The minimum absolute atomic E-state index is 0.455. The average Bonchev–Trinajstić information content (AvgIpc) is 2.63. The van der Waals surface area contributed by atoms with E-state index in [0.29, 0.717) is 24.8 Å². The van der Waals surface area contributed by atoms with Crippen LogP contribution in [0.5, 0.6) is 0 Å². The summed E-state index contributed by atoms with van der Waals surface area (Å²) in [5, 5.41) is 0.620. The highest BCUT2D eigenvalue weighted by Crippen LogP contribution is 2.40. The zero-order valence-corrected chi connectivity index (χ0v) is 18.2. The highest BCUT2D eigenvalue weighted by atomic mass is 79.9. The van der Waals surface area contributed by atoms with E-state index in [9.17, 15) is 0 Å². The molecule has 0 aliphatic carbocycles. The third kappa shape index (κ3) is 4.72. The van der Waals surface area contributed by atoms with E-state index < -0.39 is 5.60 Å². The van der Waals surface area contributed by atoms with Crippen molar-refractivity contribution in [2.45, 2.75) is 26.1 Å². The fraction of sp³-hybridized carbons (Fsp3) is 0.381. The number of aliphatic imine (C=N–C) groups is 1. The van der Waals surface area contributed by atoms with Gasteiger partial charge in [-0.2, -0.15) is 0 Å². The lowest BCUT2D eigenvalue weighted by molar-refractivity contribution is -0.223. The molecule has 0 spiro atoms. The van der Waals surface area contributed by atoms with Crippen molar-refractivity contribution in [3.05, 3.63) is 62.6 Å². The summed E-state index contributed by atoms with van der Waals surface area (Å²) in [5.74, 6) is 0. The molecule has 2 aromatic rings. The second-order valence-electron chi connectivity index (χ2n) is 6.84. The van der Waals surface area contributed by atoms with Gasteiger partial charge in [-0.1, -0.05) is 39.7 Å². The van der Waals surface area contributed by atoms with Gasteiger partial charge in [0.25, 0.3) is 0 Å². The van der Waals surface area contributed by atoms with E-state index in [0.717, 1.165) is 33.4 Å². The van der Waals surface area contributed by atoms with E-state index in [1.54, 1.807) is 6.34 Å². The van der Waals surface area contributed by atoms with Gasteiger partial charge in [-0.05, 0) is 54.8 Å². The molecule has 0 amide bonds. The Morgan fingerprint density at radius 3 is 2.59 bits per heavy atom. The monoisotopic (exact) mass is 450 g/mol. The summed E-state index contributed by atoms with van der Waals surface area (Å²) in [7, 11) is 1.98. The summed E-state index contributed by atoms with van der Waals surface area (Å²) >= 11 is 9.97. The van der Waals surface area contributed by atoms with Crippen LogP contribution in [-0.2, 0) is 21.7 Å². The molecule has 1 aliphatic heterocycles. The van der Waals surface area contributed by atoms with E-state index in [-0.39, 0.29) is 0 Å². The molecule has 27 heavy (non-hydrogen) atoms. The molecular weight excluding hydrogens is 428 g/mol. The second kappa shape index (κ2) is 8.74. The lowest BCUT2D eigenvalue weighted by Crippen LogP contribution is -2.49. The van der Waals surface area contributed by atoms with Gasteiger partial charge < -0.3 is 14.4 Å². The molecule has 1 fully saturated rings. The Labute approximate surface area is 174 Å². The maximum Gasteiger partial charge on any atom is 0.140 e. The highest BCUT2D eigenvalue weighted by molar-refractivity contribution is 9.10.